The molecule has 3 heteroatoms. The van der Waals surface area contributed by atoms with Gasteiger partial charge in [-0.1, -0.05) is 24.3 Å². The minimum absolute atomic E-state index is 0. The zero-order valence-corrected chi connectivity index (χ0v) is 8.90. The molecule has 1 aliphatic heterocycles. The van der Waals surface area contributed by atoms with Gasteiger partial charge in [-0.3, -0.25) is 5.43 Å². The van der Waals surface area contributed by atoms with E-state index < -0.39 is 0 Å². The van der Waals surface area contributed by atoms with Crippen LogP contribution in [0.25, 0.3) is 6.08 Å². The maximum atomic E-state index is 3.95. The van der Waals surface area contributed by atoms with Crippen LogP contribution >= 0.6 is 0 Å². The van der Waals surface area contributed by atoms with Crippen LogP contribution in [0.2, 0.25) is 0 Å². The molecule has 0 fully saturated rings. The summed E-state index contributed by atoms with van der Waals surface area (Å²) in [5, 5.41) is 3.95. The van der Waals surface area contributed by atoms with E-state index in [-0.39, 0.29) is 37.7 Å². The van der Waals surface area contributed by atoms with E-state index in [9.17, 15) is 0 Å². The zero-order valence-electron chi connectivity index (χ0n) is 6.70. The van der Waals surface area contributed by atoms with Crippen LogP contribution < -0.4 is 5.43 Å². The van der Waals surface area contributed by atoms with Crippen LogP contribution in [0.1, 0.15) is 5.56 Å². The molecule has 0 saturated heterocycles. The summed E-state index contributed by atoms with van der Waals surface area (Å²) >= 11 is 0. The SMILES string of the molecule is C1=Cc2ccccc2NN=C1.[Ca]. The third-order valence-corrected chi connectivity index (χ3v) is 1.58. The summed E-state index contributed by atoms with van der Waals surface area (Å²) in [4.78, 5) is 0. The van der Waals surface area contributed by atoms with E-state index in [4.69, 9.17) is 0 Å². The summed E-state index contributed by atoms with van der Waals surface area (Å²) < 4.78 is 0. The molecule has 0 atom stereocenters. The fourth-order valence-electron chi connectivity index (χ4n) is 1.04. The van der Waals surface area contributed by atoms with Crippen molar-refractivity contribution in [3.05, 3.63) is 35.9 Å². The van der Waals surface area contributed by atoms with Crippen LogP contribution in [0.3, 0.4) is 0 Å². The standard InChI is InChI=1S/C9H8N2.Ca/c1-2-6-9-8(4-1)5-3-7-10-11-9;/h1-7,11H;. The Bertz CT molecular complexity index is 318. The first-order valence-electron chi connectivity index (χ1n) is 3.51. The molecule has 1 aromatic carbocycles. The monoisotopic (exact) mass is 184 g/mol. The van der Waals surface area contributed by atoms with Gasteiger partial charge < -0.3 is 0 Å². The fraction of sp³-hybridized carbons (Fsp3) is 0. The van der Waals surface area contributed by atoms with Gasteiger partial charge in [0.1, 0.15) is 0 Å². The van der Waals surface area contributed by atoms with Crippen LogP contribution in [0.5, 0.6) is 0 Å². The first-order chi connectivity index (χ1) is 5.47. The molecule has 56 valence electrons. The maximum absolute atomic E-state index is 3.95. The number of hydrazone groups is 1. The number of hydrogen-bond acceptors (Lipinski definition) is 2. The molecule has 0 unspecified atom stereocenters. The maximum Gasteiger partial charge on any atom is 0.0634 e. The van der Waals surface area contributed by atoms with Crippen molar-refractivity contribution in [3.63, 3.8) is 0 Å². The summed E-state index contributed by atoms with van der Waals surface area (Å²) in [6, 6.07) is 8.05. The Hall–Kier alpha value is -0.310. The molecule has 2 radical (unpaired) electrons. The number of fused-ring (bicyclic) bond motifs is 1. The van der Waals surface area contributed by atoms with Crippen molar-refractivity contribution in [2.75, 3.05) is 5.43 Å². The summed E-state index contributed by atoms with van der Waals surface area (Å²) in [5.41, 5.74) is 5.16. The van der Waals surface area contributed by atoms with E-state index in [0.29, 0.717) is 0 Å². The molecule has 0 aliphatic carbocycles. The van der Waals surface area contributed by atoms with Crippen LogP contribution in [-0.4, -0.2) is 44.0 Å². The number of para-hydroxylation sites is 1. The Labute approximate surface area is 101 Å². The molecule has 0 amide bonds. The number of nitrogens with zero attached hydrogens (tertiary/aromatic N) is 1. The Kier molecular flexibility index (Phi) is 3.79. The number of benzene rings is 1. The molecule has 0 saturated carbocycles. The number of rotatable bonds is 0. The van der Waals surface area contributed by atoms with E-state index >= 15 is 0 Å². The van der Waals surface area contributed by atoms with Gasteiger partial charge in [0, 0.05) is 44.0 Å². The predicted octanol–water partition coefficient (Wildman–Crippen LogP) is 1.73. The van der Waals surface area contributed by atoms with Crippen molar-refractivity contribution in [2.45, 2.75) is 0 Å². The van der Waals surface area contributed by atoms with Crippen molar-refractivity contribution in [2.24, 2.45) is 5.10 Å². The molecule has 1 aliphatic rings. The second kappa shape index (κ2) is 4.65. The number of hydrogen-bond donors (Lipinski definition) is 1. The van der Waals surface area contributed by atoms with Crippen LogP contribution in [0.15, 0.2) is 35.4 Å². The summed E-state index contributed by atoms with van der Waals surface area (Å²) in [6.45, 7) is 0. The van der Waals surface area contributed by atoms with Crippen molar-refractivity contribution in [1.29, 1.82) is 0 Å². The average molecular weight is 184 g/mol. The van der Waals surface area contributed by atoms with Gasteiger partial charge in [0.15, 0.2) is 0 Å². The molecule has 0 bridgehead atoms. The smallest absolute Gasteiger partial charge is 0.0634 e. The van der Waals surface area contributed by atoms with Gasteiger partial charge in [-0.25, -0.2) is 0 Å². The van der Waals surface area contributed by atoms with E-state index in [1.54, 1.807) is 6.21 Å². The molecule has 1 heterocycles. The largest absolute Gasteiger partial charge is 0.278 e. The third kappa shape index (κ3) is 2.09. The van der Waals surface area contributed by atoms with Crippen LogP contribution in [-0.2, 0) is 0 Å². The Morgan fingerprint density at radius 1 is 1.17 bits per heavy atom. The molecule has 1 N–H and O–H groups in total. The Morgan fingerprint density at radius 2 is 2.00 bits per heavy atom. The molecular formula is C9H8CaN2. The number of nitrogens with one attached hydrogen (secondary N) is 1. The minimum Gasteiger partial charge on any atom is -0.278 e. The second-order valence-corrected chi connectivity index (χ2v) is 2.34. The van der Waals surface area contributed by atoms with Crippen molar-refractivity contribution < 1.29 is 0 Å². The zero-order chi connectivity index (χ0) is 7.52. The van der Waals surface area contributed by atoms with Gasteiger partial charge in [0.25, 0.3) is 0 Å². The van der Waals surface area contributed by atoms with Gasteiger partial charge in [0.05, 0.1) is 5.69 Å². The summed E-state index contributed by atoms with van der Waals surface area (Å²) in [7, 11) is 0. The van der Waals surface area contributed by atoms with Gasteiger partial charge in [-0.15, -0.1) is 0 Å². The Balaban J connectivity index is 0.000000720. The van der Waals surface area contributed by atoms with E-state index in [2.05, 4.69) is 10.5 Å². The molecular weight excluding hydrogens is 176 g/mol. The number of anilines is 1. The summed E-state index contributed by atoms with van der Waals surface area (Å²) in [6.07, 6.45) is 5.68. The molecule has 12 heavy (non-hydrogen) atoms. The van der Waals surface area contributed by atoms with Crippen LogP contribution in [0.4, 0.5) is 5.69 Å². The first kappa shape index (κ1) is 9.78. The third-order valence-electron chi connectivity index (χ3n) is 1.58. The predicted molar refractivity (Wildman–Crippen MR) is 53.3 cm³/mol. The molecule has 1 aromatic rings. The van der Waals surface area contributed by atoms with Gasteiger partial charge in [-0.2, -0.15) is 5.10 Å². The van der Waals surface area contributed by atoms with Crippen molar-refractivity contribution in [1.82, 2.24) is 0 Å². The summed E-state index contributed by atoms with van der Waals surface area (Å²) in [5.74, 6) is 0. The van der Waals surface area contributed by atoms with Gasteiger partial charge in [0.2, 0.25) is 0 Å². The number of allylic oxidation sites excluding steroid dienone is 1. The Morgan fingerprint density at radius 3 is 2.92 bits per heavy atom. The molecule has 0 aromatic heterocycles. The van der Waals surface area contributed by atoms with Crippen molar-refractivity contribution >= 4 is 55.7 Å². The van der Waals surface area contributed by atoms with E-state index in [0.717, 1.165) is 5.69 Å². The quantitative estimate of drug-likeness (QED) is 0.610. The van der Waals surface area contributed by atoms with Crippen LogP contribution in [0, 0.1) is 0 Å². The fourth-order valence-corrected chi connectivity index (χ4v) is 1.04. The van der Waals surface area contributed by atoms with Gasteiger partial charge >= 0.3 is 0 Å². The van der Waals surface area contributed by atoms with E-state index in [1.807, 2.05) is 36.4 Å². The minimum atomic E-state index is 0. The van der Waals surface area contributed by atoms with Gasteiger partial charge in [-0.05, 0) is 17.7 Å². The molecule has 0 spiro atoms. The normalized spacial score (nSPS) is 12.3. The first-order valence-corrected chi connectivity index (χ1v) is 3.51. The molecule has 2 rings (SSSR count). The average Bonchev–Trinajstić information content (AvgIpc) is 2.28. The second-order valence-electron chi connectivity index (χ2n) is 2.34. The van der Waals surface area contributed by atoms with E-state index in [1.165, 1.54) is 5.56 Å². The topological polar surface area (TPSA) is 24.4 Å². The molecule has 2 nitrogen and oxygen atoms in total. The van der Waals surface area contributed by atoms with Crippen molar-refractivity contribution in [3.8, 4) is 0 Å².